The lowest BCUT2D eigenvalue weighted by Gasteiger charge is -2.41. The molecule has 13 atom stereocenters. The average molecular weight is 1340 g/mol. The van der Waals surface area contributed by atoms with Crippen molar-refractivity contribution in [2.45, 2.75) is 174 Å². The molecule has 1 aromatic heterocycles. The summed E-state index contributed by atoms with van der Waals surface area (Å²) in [4.78, 5) is 144. The van der Waals surface area contributed by atoms with Gasteiger partial charge in [0.2, 0.25) is 35.4 Å². The molecule has 0 saturated carbocycles. The molecule has 524 valence electrons. The Balaban J connectivity index is 1.19. The SMILES string of the molecule is CC[C@H](C)[C@@H]([C@@H](CC(=O)N1CCC[C@H]1[C@H](OC)[C@@H](C)C(=O)N[C@@H](Cc1ccccc1)c1nccs1)OC)N(C)C(=O)[C@@H](NC(=O)[C@H](C(C)C)N(C)CCc1ccc(NC(=O)[C@H](CCCNC(N)=O)NCC(C)[C@H](C=O)C(CCCCN2C(=O)C=CC2=O)C(N)=O)cc1)C(C)C. The van der Waals surface area contributed by atoms with Crippen molar-refractivity contribution in [1.82, 2.24) is 45.9 Å². The van der Waals surface area contributed by atoms with E-state index in [2.05, 4.69) is 31.6 Å². The quantitative estimate of drug-likeness (QED) is 0.0200. The van der Waals surface area contributed by atoms with Crippen LogP contribution in [0.25, 0.3) is 0 Å². The number of carbonyl (C=O) groups is 10. The van der Waals surface area contributed by atoms with E-state index in [0.29, 0.717) is 70.0 Å². The summed E-state index contributed by atoms with van der Waals surface area (Å²) < 4.78 is 12.3. The molecule has 3 aromatic rings. The van der Waals surface area contributed by atoms with Gasteiger partial charge in [-0.2, -0.15) is 0 Å². The van der Waals surface area contributed by atoms with Gasteiger partial charge in [0, 0.05) is 88.7 Å². The first-order valence-electron chi connectivity index (χ1n) is 33.6. The number of urea groups is 1. The number of nitrogens with two attached hydrogens (primary N) is 2. The summed E-state index contributed by atoms with van der Waals surface area (Å²) in [5, 5.41) is 17.8. The third-order valence-corrected chi connectivity index (χ3v) is 19.7. The number of nitrogens with one attached hydrogen (secondary N) is 5. The number of ether oxygens (including phenoxy) is 2. The summed E-state index contributed by atoms with van der Waals surface area (Å²) in [6.45, 7) is 16.9. The van der Waals surface area contributed by atoms with E-state index < -0.39 is 83.8 Å². The van der Waals surface area contributed by atoms with Crippen molar-refractivity contribution in [2.75, 3.05) is 66.4 Å². The molecule has 9 N–H and O–H groups in total. The molecule has 25 heteroatoms. The van der Waals surface area contributed by atoms with Crippen LogP contribution in [0.15, 0.2) is 78.3 Å². The fourth-order valence-corrected chi connectivity index (χ4v) is 13.9. The Morgan fingerprint density at radius 3 is 2.07 bits per heavy atom. The van der Waals surface area contributed by atoms with Gasteiger partial charge in [-0.25, -0.2) is 9.78 Å². The van der Waals surface area contributed by atoms with Gasteiger partial charge < -0.3 is 62.1 Å². The third-order valence-electron chi connectivity index (χ3n) is 18.9. The number of unbranched alkanes of at least 4 members (excludes halogenated alkanes) is 1. The van der Waals surface area contributed by atoms with Gasteiger partial charge in [-0.05, 0) is 112 Å². The van der Waals surface area contributed by atoms with E-state index in [0.717, 1.165) is 27.5 Å². The highest BCUT2D eigenvalue weighted by Crippen LogP contribution is 2.32. The monoisotopic (exact) mass is 1340 g/mol. The number of likely N-dealkylation sites (N-methyl/N-ethyl adjacent to an activating group) is 2. The van der Waals surface area contributed by atoms with Gasteiger partial charge in [0.25, 0.3) is 11.8 Å². The Hall–Kier alpha value is -7.45. The molecule has 10 amide bonds. The molecule has 0 bridgehead atoms. The van der Waals surface area contributed by atoms with E-state index in [1.807, 2.05) is 113 Å². The molecule has 24 nitrogen and oxygen atoms in total. The largest absolute Gasteiger partial charge is 0.379 e. The van der Waals surface area contributed by atoms with Crippen LogP contribution in [0.1, 0.15) is 135 Å². The first-order valence-corrected chi connectivity index (χ1v) is 34.4. The molecule has 1 saturated heterocycles. The van der Waals surface area contributed by atoms with Crippen LogP contribution in [0.4, 0.5) is 10.5 Å². The molecule has 5 rings (SSSR count). The summed E-state index contributed by atoms with van der Waals surface area (Å²) in [5.41, 5.74) is 13.6. The molecule has 2 aliphatic rings. The van der Waals surface area contributed by atoms with Crippen LogP contribution in [0.5, 0.6) is 0 Å². The fourth-order valence-electron chi connectivity index (χ4n) is 13.2. The number of primary amides is 2. The van der Waals surface area contributed by atoms with Crippen molar-refractivity contribution >= 4 is 76.6 Å². The highest BCUT2D eigenvalue weighted by Gasteiger charge is 2.44. The molecule has 0 aliphatic carbocycles. The highest BCUT2D eigenvalue weighted by molar-refractivity contribution is 7.09. The number of hydrogen-bond donors (Lipinski definition) is 7. The van der Waals surface area contributed by atoms with Crippen LogP contribution in [0, 0.1) is 41.4 Å². The maximum absolute atomic E-state index is 14.9. The van der Waals surface area contributed by atoms with E-state index >= 15 is 0 Å². The number of imide groups is 1. The molecular formula is C70H106N12O12S. The number of anilines is 1. The number of likely N-dealkylation sites (tertiary alicyclic amines) is 1. The topological polar surface area (TPSA) is 327 Å². The van der Waals surface area contributed by atoms with Crippen molar-refractivity contribution in [2.24, 2.45) is 52.9 Å². The number of methoxy groups -OCH3 is 2. The molecular weight excluding hydrogens is 1230 g/mol. The van der Waals surface area contributed by atoms with Gasteiger partial charge in [0.15, 0.2) is 0 Å². The van der Waals surface area contributed by atoms with E-state index in [1.165, 1.54) is 23.5 Å². The number of aldehydes is 1. The van der Waals surface area contributed by atoms with Gasteiger partial charge in [-0.15, -0.1) is 11.3 Å². The zero-order valence-electron chi connectivity index (χ0n) is 57.8. The predicted molar refractivity (Wildman–Crippen MR) is 366 cm³/mol. The molecule has 0 spiro atoms. The molecule has 95 heavy (non-hydrogen) atoms. The van der Waals surface area contributed by atoms with Crippen LogP contribution in [0.3, 0.4) is 0 Å². The second-order valence-electron chi connectivity index (χ2n) is 26.3. The second kappa shape index (κ2) is 38.9. The van der Waals surface area contributed by atoms with Crippen LogP contribution in [0.2, 0.25) is 0 Å². The smallest absolute Gasteiger partial charge is 0.312 e. The van der Waals surface area contributed by atoms with Crippen molar-refractivity contribution in [3.05, 3.63) is 94.5 Å². The van der Waals surface area contributed by atoms with Crippen LogP contribution >= 0.6 is 11.3 Å². The zero-order chi connectivity index (χ0) is 70.1. The van der Waals surface area contributed by atoms with Gasteiger partial charge in [0.05, 0.1) is 54.8 Å². The number of rotatable bonds is 42. The number of thiazole rings is 1. The second-order valence-corrected chi connectivity index (χ2v) is 27.2. The third kappa shape index (κ3) is 22.9. The maximum Gasteiger partial charge on any atom is 0.312 e. The summed E-state index contributed by atoms with van der Waals surface area (Å²) in [6.07, 6.45) is 8.43. The van der Waals surface area contributed by atoms with Gasteiger partial charge >= 0.3 is 6.03 Å². The van der Waals surface area contributed by atoms with Crippen molar-refractivity contribution in [3.8, 4) is 0 Å². The van der Waals surface area contributed by atoms with Crippen LogP contribution in [-0.2, 0) is 65.5 Å². The Morgan fingerprint density at radius 1 is 0.811 bits per heavy atom. The summed E-state index contributed by atoms with van der Waals surface area (Å²) >= 11 is 1.48. The van der Waals surface area contributed by atoms with E-state index in [9.17, 15) is 47.9 Å². The first-order chi connectivity index (χ1) is 45.3. The lowest BCUT2D eigenvalue weighted by atomic mass is 9.80. The lowest BCUT2D eigenvalue weighted by molar-refractivity contribution is -0.148. The van der Waals surface area contributed by atoms with Crippen LogP contribution in [-0.4, -0.2) is 188 Å². The number of nitrogens with zero attached hydrogens (tertiary/aromatic N) is 5. The van der Waals surface area contributed by atoms with E-state index in [4.69, 9.17) is 20.9 Å². The van der Waals surface area contributed by atoms with Crippen molar-refractivity contribution in [3.63, 3.8) is 0 Å². The average Bonchev–Trinajstić information content (AvgIpc) is 1.80. The molecule has 1 fully saturated rings. The molecule has 2 aromatic carbocycles. The minimum absolute atomic E-state index is 0.0283. The molecule has 2 unspecified atom stereocenters. The number of carbonyl (C=O) groups excluding carboxylic acids is 10. The molecule has 3 heterocycles. The fraction of sp³-hybridized carbons (Fsp3) is 0.614. The Morgan fingerprint density at radius 2 is 1.49 bits per heavy atom. The van der Waals surface area contributed by atoms with E-state index in [1.54, 1.807) is 51.4 Å². The normalized spacial score (nSPS) is 17.9. The summed E-state index contributed by atoms with van der Waals surface area (Å²) in [7, 11) is 6.72. The van der Waals surface area contributed by atoms with Gasteiger partial charge in [-0.1, -0.05) is 111 Å². The number of benzene rings is 2. The lowest BCUT2D eigenvalue weighted by Crippen LogP contribution is -2.60. The Labute approximate surface area is 565 Å². The highest BCUT2D eigenvalue weighted by atomic mass is 32.1. The minimum atomic E-state index is -0.910. The standard InChI is InChI=1S/C70H106N12O12S/c1-13-45(6)62(56(93-11)40-59(86)81-36-20-25-55(81)63(94-12)47(8)65(88)77-54(68-73-34-38-95-68)39-49-21-15-14-16-22-49)80(10)69(91)60(43(2)3)78-67(90)61(44(4)5)79(9)37-32-48-26-28-50(29-27-48)76-66(89)53(24-19-33-74-70(72)92)75-41-46(7)52(42-83)51(64(71)87)23-17-18-35-82-57(84)30-31-58(82)85/h14-16,21-22,26-31,34,38,42-47,51-56,60-63,75H,13,17-20,23-25,32-33,35-37,39-41H2,1-12H3,(H2,71,87)(H,76,89)(H,77,88)(H,78,90)(H3,72,74,92)/t45-,46?,47+,51?,52-,53-,54-,55-,56+,60-,61-,62-,63+/m0/s1. The van der Waals surface area contributed by atoms with Crippen LogP contribution < -0.4 is 38.1 Å². The summed E-state index contributed by atoms with van der Waals surface area (Å²) in [6, 6.07) is 13.0. The summed E-state index contributed by atoms with van der Waals surface area (Å²) in [5.74, 6) is -6.04. The predicted octanol–water partition coefficient (Wildman–Crippen LogP) is 5.80. The maximum atomic E-state index is 14.9. The number of aromatic nitrogens is 1. The molecule has 2 aliphatic heterocycles. The van der Waals surface area contributed by atoms with Crippen molar-refractivity contribution < 1.29 is 57.4 Å². The van der Waals surface area contributed by atoms with Crippen molar-refractivity contribution in [1.29, 1.82) is 0 Å². The first kappa shape index (κ1) is 78.2. The number of amides is 10. The number of hydrogen-bond acceptors (Lipinski definition) is 16. The van der Waals surface area contributed by atoms with Gasteiger partial charge in [0.1, 0.15) is 17.3 Å². The van der Waals surface area contributed by atoms with Gasteiger partial charge in [-0.3, -0.25) is 48.2 Å². The Kier molecular flexibility index (Phi) is 32.1. The molecule has 0 radical (unpaired) electrons. The minimum Gasteiger partial charge on any atom is -0.379 e. The zero-order valence-corrected chi connectivity index (χ0v) is 58.6. The Bertz CT molecular complexity index is 2990. The van der Waals surface area contributed by atoms with E-state index in [-0.39, 0.29) is 98.3 Å².